The molecule has 1 saturated heterocycles. The number of benzene rings is 3. The van der Waals surface area contributed by atoms with Gasteiger partial charge in [0.15, 0.2) is 4.90 Å². The van der Waals surface area contributed by atoms with Crippen molar-refractivity contribution < 1.29 is 22.9 Å². The summed E-state index contributed by atoms with van der Waals surface area (Å²) in [7, 11) is -4.46. The minimum absolute atomic E-state index is 0.175. The maximum atomic E-state index is 13.4. The molecule has 0 aromatic heterocycles. The van der Waals surface area contributed by atoms with E-state index in [0.717, 1.165) is 27.9 Å². The summed E-state index contributed by atoms with van der Waals surface area (Å²) < 4.78 is 33.5. The van der Waals surface area contributed by atoms with Gasteiger partial charge >= 0.3 is 0 Å². The van der Waals surface area contributed by atoms with Gasteiger partial charge in [0.05, 0.1) is 16.8 Å². The van der Waals surface area contributed by atoms with E-state index in [4.69, 9.17) is 4.74 Å². The van der Waals surface area contributed by atoms with Crippen molar-refractivity contribution in [3.05, 3.63) is 94.5 Å². The van der Waals surface area contributed by atoms with Crippen LogP contribution < -0.4 is 14.5 Å². The summed E-state index contributed by atoms with van der Waals surface area (Å²) in [6.45, 7) is -0.641. The van der Waals surface area contributed by atoms with Crippen LogP contribution in [0.5, 0.6) is 5.75 Å². The second kappa shape index (κ2) is 11.2. The molecule has 0 aliphatic carbocycles. The predicted octanol–water partition coefficient (Wildman–Crippen LogP) is 3.43. The zero-order valence-electron chi connectivity index (χ0n) is 18.9. The molecule has 1 aliphatic heterocycles. The SMILES string of the molecule is O=C(CN(c1ccccc1)S(=O)(=O)c1ccccc1[N+](=O)[O-])N/N=C\c1cccc(OC2CSC2)c1. The molecule has 1 aliphatic rings. The van der Waals surface area contributed by atoms with Crippen LogP contribution in [0.3, 0.4) is 0 Å². The van der Waals surface area contributed by atoms with Crippen molar-refractivity contribution in [1.29, 1.82) is 0 Å². The molecule has 36 heavy (non-hydrogen) atoms. The number of carbonyl (C=O) groups is 1. The van der Waals surface area contributed by atoms with Crippen LogP contribution in [-0.2, 0) is 14.8 Å². The van der Waals surface area contributed by atoms with Crippen molar-refractivity contribution in [2.24, 2.45) is 5.10 Å². The highest BCUT2D eigenvalue weighted by Crippen LogP contribution is 2.29. The number of ether oxygens (including phenoxy) is 1. The second-order valence-electron chi connectivity index (χ2n) is 7.72. The second-order valence-corrected chi connectivity index (χ2v) is 10.6. The summed E-state index contributed by atoms with van der Waals surface area (Å²) in [6.07, 6.45) is 1.61. The van der Waals surface area contributed by atoms with Crippen LogP contribution in [0.1, 0.15) is 5.56 Å². The molecule has 1 amide bonds. The summed E-state index contributed by atoms with van der Waals surface area (Å²) in [5, 5.41) is 15.4. The normalized spacial score (nSPS) is 13.7. The Kier molecular flexibility index (Phi) is 7.86. The first-order valence-corrected chi connectivity index (χ1v) is 13.4. The van der Waals surface area contributed by atoms with E-state index in [1.807, 2.05) is 17.8 Å². The van der Waals surface area contributed by atoms with Gasteiger partial charge in [-0.2, -0.15) is 16.9 Å². The minimum Gasteiger partial charge on any atom is -0.489 e. The molecule has 3 aromatic carbocycles. The third-order valence-electron chi connectivity index (χ3n) is 5.13. The Morgan fingerprint density at radius 2 is 1.83 bits per heavy atom. The average Bonchev–Trinajstić information content (AvgIpc) is 2.85. The van der Waals surface area contributed by atoms with Crippen LogP contribution in [0.15, 0.2) is 88.9 Å². The molecule has 0 saturated carbocycles. The van der Waals surface area contributed by atoms with Crippen molar-refractivity contribution in [3.8, 4) is 5.75 Å². The Hall–Kier alpha value is -3.90. The van der Waals surface area contributed by atoms with Crippen molar-refractivity contribution in [1.82, 2.24) is 5.43 Å². The van der Waals surface area contributed by atoms with E-state index in [9.17, 15) is 23.3 Å². The molecule has 0 radical (unpaired) electrons. The lowest BCUT2D eigenvalue weighted by atomic mass is 10.2. The molecule has 0 spiro atoms. The zero-order chi connectivity index (χ0) is 25.5. The summed E-state index contributed by atoms with van der Waals surface area (Å²) in [5.74, 6) is 1.86. The highest BCUT2D eigenvalue weighted by molar-refractivity contribution is 8.00. The Bertz CT molecular complexity index is 1380. The molecule has 10 nitrogen and oxygen atoms in total. The number of hydrogen-bond acceptors (Lipinski definition) is 8. The van der Waals surface area contributed by atoms with E-state index in [-0.39, 0.29) is 11.8 Å². The maximum Gasteiger partial charge on any atom is 0.289 e. The molecule has 0 atom stereocenters. The summed E-state index contributed by atoms with van der Waals surface area (Å²) in [6, 6.07) is 20.1. The van der Waals surface area contributed by atoms with Crippen LogP contribution in [0, 0.1) is 10.1 Å². The van der Waals surface area contributed by atoms with E-state index < -0.39 is 38.0 Å². The molecule has 3 aromatic rings. The van der Waals surface area contributed by atoms with Crippen LogP contribution in [-0.4, -0.2) is 49.6 Å². The molecule has 0 bridgehead atoms. The topological polar surface area (TPSA) is 131 Å². The van der Waals surface area contributed by atoms with Crippen LogP contribution in [0.4, 0.5) is 11.4 Å². The molecule has 186 valence electrons. The number of amides is 1. The Morgan fingerprint density at radius 1 is 1.11 bits per heavy atom. The van der Waals surface area contributed by atoms with Gasteiger partial charge in [-0.3, -0.25) is 19.2 Å². The molecular formula is C24H22N4O6S2. The van der Waals surface area contributed by atoms with Gasteiger partial charge in [0.2, 0.25) is 0 Å². The summed E-state index contributed by atoms with van der Waals surface area (Å²) >= 11 is 1.81. The first-order valence-electron chi connectivity index (χ1n) is 10.8. The largest absolute Gasteiger partial charge is 0.489 e. The van der Waals surface area contributed by atoms with Gasteiger partial charge in [-0.25, -0.2) is 13.8 Å². The average molecular weight is 527 g/mol. The summed E-state index contributed by atoms with van der Waals surface area (Å²) in [4.78, 5) is 22.8. The number of nitro groups is 1. The molecule has 1 N–H and O–H groups in total. The van der Waals surface area contributed by atoms with E-state index in [2.05, 4.69) is 10.5 Å². The van der Waals surface area contributed by atoms with Crippen LogP contribution >= 0.6 is 11.8 Å². The number of hydrogen-bond donors (Lipinski definition) is 1. The Morgan fingerprint density at radius 3 is 2.53 bits per heavy atom. The number of para-hydroxylation sites is 2. The highest BCUT2D eigenvalue weighted by atomic mass is 32.2. The first-order chi connectivity index (χ1) is 17.3. The molecule has 0 unspecified atom stereocenters. The number of nitrogens with zero attached hydrogens (tertiary/aromatic N) is 3. The highest BCUT2D eigenvalue weighted by Gasteiger charge is 2.33. The fraction of sp³-hybridized carbons (Fsp3) is 0.167. The third-order valence-corrected chi connectivity index (χ3v) is 8.17. The zero-order valence-corrected chi connectivity index (χ0v) is 20.5. The van der Waals surface area contributed by atoms with E-state index in [1.54, 1.807) is 36.4 Å². The van der Waals surface area contributed by atoms with Gasteiger partial charge in [-0.05, 0) is 35.9 Å². The number of hydrazone groups is 1. The third kappa shape index (κ3) is 6.01. The maximum absolute atomic E-state index is 13.4. The van der Waals surface area contributed by atoms with Gasteiger partial charge in [0, 0.05) is 17.6 Å². The Balaban J connectivity index is 1.51. The number of rotatable bonds is 10. The number of carbonyl (C=O) groups excluding carboxylic acids is 1. The summed E-state index contributed by atoms with van der Waals surface area (Å²) in [5.41, 5.74) is 2.60. The van der Waals surface area contributed by atoms with Crippen molar-refractivity contribution in [2.75, 3.05) is 22.4 Å². The molecule has 12 heteroatoms. The van der Waals surface area contributed by atoms with Gasteiger partial charge in [-0.15, -0.1) is 0 Å². The smallest absolute Gasteiger partial charge is 0.289 e. The van der Waals surface area contributed by atoms with E-state index in [1.165, 1.54) is 30.5 Å². The fourth-order valence-corrected chi connectivity index (χ4v) is 5.49. The van der Waals surface area contributed by atoms with Gasteiger partial charge in [0.25, 0.3) is 21.6 Å². The first kappa shape index (κ1) is 25.2. The standard InChI is InChI=1S/C24H22N4O6S2/c29-24(26-25-14-18-7-6-10-20(13-18)34-21-16-35-17-21)15-27(19-8-2-1-3-9-19)36(32,33)23-12-5-4-11-22(23)28(30)31/h1-14,21H,15-17H2,(H,26,29)/b25-14-. The number of nitrogens with one attached hydrogen (secondary N) is 1. The van der Waals surface area contributed by atoms with E-state index >= 15 is 0 Å². The predicted molar refractivity (Wildman–Crippen MR) is 138 cm³/mol. The Labute approximate surface area is 212 Å². The number of nitro benzene ring substituents is 1. The monoisotopic (exact) mass is 526 g/mol. The van der Waals surface area contributed by atoms with Crippen LogP contribution in [0.2, 0.25) is 0 Å². The van der Waals surface area contributed by atoms with E-state index in [0.29, 0.717) is 11.3 Å². The van der Waals surface area contributed by atoms with Gasteiger partial charge in [0.1, 0.15) is 18.4 Å². The quantitative estimate of drug-likeness (QED) is 0.243. The molecular weight excluding hydrogens is 504 g/mol. The number of sulfonamides is 1. The molecule has 4 rings (SSSR count). The molecule has 1 heterocycles. The van der Waals surface area contributed by atoms with Crippen molar-refractivity contribution in [2.45, 2.75) is 11.0 Å². The lowest BCUT2D eigenvalue weighted by Gasteiger charge is -2.25. The number of thioether (sulfide) groups is 1. The lowest BCUT2D eigenvalue weighted by molar-refractivity contribution is -0.387. The van der Waals surface area contributed by atoms with Gasteiger partial charge < -0.3 is 4.74 Å². The van der Waals surface area contributed by atoms with Crippen LogP contribution in [0.25, 0.3) is 0 Å². The number of anilines is 1. The van der Waals surface area contributed by atoms with Crippen molar-refractivity contribution >= 4 is 45.3 Å². The van der Waals surface area contributed by atoms with Gasteiger partial charge in [-0.1, -0.05) is 42.5 Å². The fourth-order valence-electron chi connectivity index (χ4n) is 3.34. The minimum atomic E-state index is -4.46. The van der Waals surface area contributed by atoms with Crippen molar-refractivity contribution in [3.63, 3.8) is 0 Å². The molecule has 1 fully saturated rings. The lowest BCUT2D eigenvalue weighted by Crippen LogP contribution is -2.39.